The van der Waals surface area contributed by atoms with Crippen molar-refractivity contribution in [1.29, 1.82) is 5.26 Å². The Hall–Kier alpha value is -3.92. The summed E-state index contributed by atoms with van der Waals surface area (Å²) < 4.78 is 10.2. The first-order chi connectivity index (χ1) is 13.0. The molecule has 3 rings (SSSR count). The predicted molar refractivity (Wildman–Crippen MR) is 97.1 cm³/mol. The van der Waals surface area contributed by atoms with Crippen LogP contribution >= 0.6 is 0 Å². The average molecular weight is 362 g/mol. The van der Waals surface area contributed by atoms with Crippen molar-refractivity contribution < 1.29 is 18.7 Å². The van der Waals surface area contributed by atoms with Crippen LogP contribution in [0.2, 0.25) is 0 Å². The van der Waals surface area contributed by atoms with Crippen molar-refractivity contribution in [1.82, 2.24) is 0 Å². The van der Waals surface area contributed by atoms with E-state index in [4.69, 9.17) is 14.4 Å². The number of carbonyl (C=O) groups is 2. The highest BCUT2D eigenvalue weighted by atomic mass is 16.5. The van der Waals surface area contributed by atoms with Gasteiger partial charge in [0.05, 0.1) is 11.6 Å². The zero-order valence-corrected chi connectivity index (χ0v) is 14.3. The molecule has 0 aliphatic carbocycles. The Bertz CT molecular complexity index is 1130. The fourth-order valence-electron chi connectivity index (χ4n) is 2.39. The fraction of sp³-hybridized carbons (Fsp3) is 0.100. The molecule has 7 heteroatoms. The van der Waals surface area contributed by atoms with Gasteiger partial charge in [-0.2, -0.15) is 5.26 Å². The molecule has 1 atom stereocenters. The van der Waals surface area contributed by atoms with Crippen molar-refractivity contribution in [2.75, 3.05) is 5.32 Å². The number of amides is 1. The zero-order valence-electron chi connectivity index (χ0n) is 14.3. The van der Waals surface area contributed by atoms with Crippen LogP contribution < -0.4 is 10.9 Å². The van der Waals surface area contributed by atoms with E-state index >= 15 is 0 Å². The Labute approximate surface area is 153 Å². The number of nitriles is 1. The van der Waals surface area contributed by atoms with Crippen LogP contribution in [0, 0.1) is 11.3 Å². The van der Waals surface area contributed by atoms with Crippen LogP contribution in [-0.4, -0.2) is 18.0 Å². The number of fused-ring (bicyclic) bond motifs is 1. The third-order valence-electron chi connectivity index (χ3n) is 3.77. The first-order valence-corrected chi connectivity index (χ1v) is 8.03. The Balaban J connectivity index is 1.73. The van der Waals surface area contributed by atoms with Gasteiger partial charge >= 0.3 is 11.6 Å². The molecule has 27 heavy (non-hydrogen) atoms. The third kappa shape index (κ3) is 4.02. The number of ether oxygens (including phenoxy) is 1. The summed E-state index contributed by atoms with van der Waals surface area (Å²) in [5.41, 5.74) is -0.00605. The molecular formula is C20H14N2O5. The van der Waals surface area contributed by atoms with E-state index in [9.17, 15) is 14.4 Å². The predicted octanol–water partition coefficient (Wildman–Crippen LogP) is 2.85. The highest BCUT2D eigenvalue weighted by Gasteiger charge is 2.22. The molecule has 1 aromatic heterocycles. The largest absolute Gasteiger partial charge is 0.449 e. The molecule has 0 saturated heterocycles. The van der Waals surface area contributed by atoms with Crippen molar-refractivity contribution in [3.8, 4) is 6.07 Å². The molecule has 134 valence electrons. The first kappa shape index (κ1) is 17.9. The van der Waals surface area contributed by atoms with Gasteiger partial charge in [0.15, 0.2) is 6.10 Å². The zero-order chi connectivity index (χ0) is 19.4. The van der Waals surface area contributed by atoms with Crippen molar-refractivity contribution in [3.63, 3.8) is 0 Å². The minimum Gasteiger partial charge on any atom is -0.449 e. The lowest BCUT2D eigenvalue weighted by Gasteiger charge is -2.13. The summed E-state index contributed by atoms with van der Waals surface area (Å²) in [5.74, 6) is -1.55. The van der Waals surface area contributed by atoms with Crippen molar-refractivity contribution in [3.05, 3.63) is 76.1 Å². The normalized spacial score (nSPS) is 11.4. The molecule has 1 heterocycles. The Morgan fingerprint density at radius 1 is 1.15 bits per heavy atom. The molecule has 0 unspecified atom stereocenters. The quantitative estimate of drug-likeness (QED) is 0.564. The van der Waals surface area contributed by atoms with Gasteiger partial charge in [-0.1, -0.05) is 24.3 Å². The van der Waals surface area contributed by atoms with E-state index in [2.05, 4.69) is 5.32 Å². The summed E-state index contributed by atoms with van der Waals surface area (Å²) in [6.07, 6.45) is -1.16. The van der Waals surface area contributed by atoms with Gasteiger partial charge in [-0.05, 0) is 37.3 Å². The Morgan fingerprint density at radius 3 is 2.70 bits per heavy atom. The van der Waals surface area contributed by atoms with Crippen LogP contribution in [0.25, 0.3) is 11.0 Å². The minimum absolute atomic E-state index is 0.292. The lowest BCUT2D eigenvalue weighted by molar-refractivity contribution is -0.123. The third-order valence-corrected chi connectivity index (χ3v) is 3.77. The minimum atomic E-state index is -1.16. The number of hydrogen-bond donors (Lipinski definition) is 1. The van der Waals surface area contributed by atoms with E-state index in [1.54, 1.807) is 42.5 Å². The maximum Gasteiger partial charge on any atom is 0.351 e. The second-order valence-corrected chi connectivity index (χ2v) is 5.71. The van der Waals surface area contributed by atoms with Crippen LogP contribution in [0.15, 0.2) is 63.8 Å². The van der Waals surface area contributed by atoms with E-state index in [1.165, 1.54) is 19.1 Å². The number of rotatable bonds is 4. The summed E-state index contributed by atoms with van der Waals surface area (Å²) in [4.78, 5) is 36.5. The molecule has 3 aromatic rings. The molecule has 1 N–H and O–H groups in total. The van der Waals surface area contributed by atoms with Crippen molar-refractivity contribution >= 4 is 28.5 Å². The molecule has 0 radical (unpaired) electrons. The maximum atomic E-state index is 12.3. The molecule has 0 aliphatic heterocycles. The second kappa shape index (κ2) is 7.54. The number of benzene rings is 2. The molecular weight excluding hydrogens is 348 g/mol. The fourth-order valence-corrected chi connectivity index (χ4v) is 2.39. The summed E-state index contributed by atoms with van der Waals surface area (Å²) >= 11 is 0. The van der Waals surface area contributed by atoms with Crippen LogP contribution in [0.5, 0.6) is 0 Å². The number of anilines is 1. The Morgan fingerprint density at radius 2 is 1.93 bits per heavy atom. The van der Waals surface area contributed by atoms with Gasteiger partial charge in [-0.25, -0.2) is 9.59 Å². The molecule has 7 nitrogen and oxygen atoms in total. The molecule has 0 spiro atoms. The lowest BCUT2D eigenvalue weighted by atomic mass is 10.2. The summed E-state index contributed by atoms with van der Waals surface area (Å²) in [5, 5.41) is 12.0. The van der Waals surface area contributed by atoms with Gasteiger partial charge in [0.2, 0.25) is 0 Å². The van der Waals surface area contributed by atoms with Crippen molar-refractivity contribution in [2.45, 2.75) is 13.0 Å². The molecule has 2 aromatic carbocycles. The van der Waals surface area contributed by atoms with E-state index < -0.39 is 23.6 Å². The topological polar surface area (TPSA) is 109 Å². The number of carbonyl (C=O) groups excluding carboxylic acids is 2. The van der Waals surface area contributed by atoms with Gasteiger partial charge in [0.25, 0.3) is 5.91 Å². The lowest BCUT2D eigenvalue weighted by Crippen LogP contribution is -2.31. The van der Waals surface area contributed by atoms with Gasteiger partial charge in [0.1, 0.15) is 11.1 Å². The van der Waals surface area contributed by atoms with Gasteiger partial charge in [0, 0.05) is 11.1 Å². The van der Waals surface area contributed by atoms with Crippen LogP contribution in [0.3, 0.4) is 0 Å². The smallest absolute Gasteiger partial charge is 0.351 e. The van der Waals surface area contributed by atoms with Gasteiger partial charge in [-0.3, -0.25) is 4.79 Å². The molecule has 0 bridgehead atoms. The van der Waals surface area contributed by atoms with Crippen LogP contribution in [0.4, 0.5) is 5.69 Å². The summed E-state index contributed by atoms with van der Waals surface area (Å²) in [6, 6.07) is 16.4. The van der Waals surface area contributed by atoms with Crippen molar-refractivity contribution in [2.24, 2.45) is 0 Å². The van der Waals surface area contributed by atoms with Crippen LogP contribution in [-0.2, 0) is 9.53 Å². The van der Waals surface area contributed by atoms with Gasteiger partial charge in [-0.15, -0.1) is 0 Å². The molecule has 0 fully saturated rings. The monoisotopic (exact) mass is 362 g/mol. The van der Waals surface area contributed by atoms with E-state index in [1.807, 2.05) is 6.07 Å². The highest BCUT2D eigenvalue weighted by Crippen LogP contribution is 2.14. The summed E-state index contributed by atoms with van der Waals surface area (Å²) in [6.45, 7) is 1.38. The Kier molecular flexibility index (Phi) is 4.99. The molecule has 0 aliphatic rings. The number of esters is 1. The van der Waals surface area contributed by atoms with E-state index in [0.29, 0.717) is 22.2 Å². The highest BCUT2D eigenvalue weighted by molar-refractivity contribution is 5.98. The maximum absolute atomic E-state index is 12.3. The molecule has 1 amide bonds. The standard InChI is InChI=1S/C20H14N2O5/c1-12(18(23)22-15-7-4-5-13(9-15)11-21)26-19(24)16-10-14-6-2-3-8-17(14)27-20(16)25/h2-10,12H,1H3,(H,22,23)/t12-/m1/s1. The van der Waals surface area contributed by atoms with Crippen LogP contribution in [0.1, 0.15) is 22.8 Å². The SMILES string of the molecule is C[C@@H](OC(=O)c1cc2ccccc2oc1=O)C(=O)Nc1cccc(C#N)c1. The second-order valence-electron chi connectivity index (χ2n) is 5.71. The van der Waals surface area contributed by atoms with E-state index in [-0.39, 0.29) is 5.56 Å². The number of nitrogens with zero attached hydrogens (tertiary/aromatic N) is 1. The number of para-hydroxylation sites is 1. The number of nitrogens with one attached hydrogen (secondary N) is 1. The first-order valence-electron chi connectivity index (χ1n) is 8.03. The number of hydrogen-bond acceptors (Lipinski definition) is 6. The van der Waals surface area contributed by atoms with E-state index in [0.717, 1.165) is 0 Å². The molecule has 0 saturated carbocycles. The average Bonchev–Trinajstić information content (AvgIpc) is 2.67. The summed E-state index contributed by atoms with van der Waals surface area (Å²) in [7, 11) is 0. The van der Waals surface area contributed by atoms with Gasteiger partial charge < -0.3 is 14.5 Å².